The molecule has 0 bridgehead atoms. The van der Waals surface area contributed by atoms with Gasteiger partial charge in [0.05, 0.1) is 15.2 Å². The van der Waals surface area contributed by atoms with Gasteiger partial charge in [-0.3, -0.25) is 0 Å². The van der Waals surface area contributed by atoms with Crippen LogP contribution in [-0.2, 0) is 0 Å². The highest BCUT2D eigenvalue weighted by Gasteiger charge is 2.09. The summed E-state index contributed by atoms with van der Waals surface area (Å²) in [6.45, 7) is 2.05. The van der Waals surface area contributed by atoms with Gasteiger partial charge in [0.15, 0.2) is 0 Å². The van der Waals surface area contributed by atoms with Gasteiger partial charge in [0.2, 0.25) is 0 Å². The Morgan fingerprint density at radius 1 is 1.00 bits per heavy atom. The van der Waals surface area contributed by atoms with Crippen molar-refractivity contribution in [3.8, 4) is 0 Å². The SMILES string of the molecule is Cc1nc2c(ccc3ccc4ccc(Cl)cc4c32)s1. The number of hydrogen-bond acceptors (Lipinski definition) is 2. The fourth-order valence-corrected chi connectivity index (χ4v) is 3.62. The van der Waals surface area contributed by atoms with Crippen LogP contribution in [0.15, 0.2) is 42.5 Å². The molecule has 3 heteroatoms. The van der Waals surface area contributed by atoms with Crippen LogP contribution in [0.4, 0.5) is 0 Å². The lowest BCUT2D eigenvalue weighted by Gasteiger charge is -2.05. The van der Waals surface area contributed by atoms with E-state index in [2.05, 4.69) is 37.3 Å². The van der Waals surface area contributed by atoms with Crippen molar-refractivity contribution in [1.82, 2.24) is 4.98 Å². The summed E-state index contributed by atoms with van der Waals surface area (Å²) in [6, 6.07) is 14.6. The average molecular weight is 284 g/mol. The first-order valence-electron chi connectivity index (χ1n) is 6.10. The molecule has 1 aromatic heterocycles. The molecule has 1 nitrogen and oxygen atoms in total. The third-order valence-corrected chi connectivity index (χ3v) is 4.60. The third kappa shape index (κ3) is 1.64. The van der Waals surface area contributed by atoms with Crippen molar-refractivity contribution >= 4 is 54.7 Å². The maximum absolute atomic E-state index is 6.16. The van der Waals surface area contributed by atoms with E-state index in [-0.39, 0.29) is 0 Å². The van der Waals surface area contributed by atoms with Gasteiger partial charge in [0.1, 0.15) is 0 Å². The molecule has 0 spiro atoms. The molecule has 0 saturated heterocycles. The normalized spacial score (nSPS) is 11.7. The standard InChI is InChI=1S/C16H10ClNS/c1-9-18-16-14(19-9)7-5-11-3-2-10-4-6-12(17)8-13(10)15(11)16/h2-8H,1H3. The van der Waals surface area contributed by atoms with Crippen molar-refractivity contribution in [2.75, 3.05) is 0 Å². The Hall–Kier alpha value is -1.64. The molecule has 1 heterocycles. The van der Waals surface area contributed by atoms with Gasteiger partial charge in [-0.15, -0.1) is 11.3 Å². The van der Waals surface area contributed by atoms with Crippen LogP contribution in [0.1, 0.15) is 5.01 Å². The number of fused-ring (bicyclic) bond motifs is 5. The Bertz CT molecular complexity index is 940. The third-order valence-electron chi connectivity index (χ3n) is 3.43. The summed E-state index contributed by atoms with van der Waals surface area (Å²) in [6.07, 6.45) is 0. The Kier molecular flexibility index (Phi) is 2.32. The van der Waals surface area contributed by atoms with Crippen molar-refractivity contribution in [3.05, 3.63) is 52.5 Å². The van der Waals surface area contributed by atoms with Crippen LogP contribution in [-0.4, -0.2) is 4.98 Å². The molecule has 19 heavy (non-hydrogen) atoms. The number of benzene rings is 3. The Morgan fingerprint density at radius 2 is 1.74 bits per heavy atom. The largest absolute Gasteiger partial charge is 0.241 e. The first kappa shape index (κ1) is 11.2. The van der Waals surface area contributed by atoms with E-state index >= 15 is 0 Å². The molecule has 0 N–H and O–H groups in total. The fraction of sp³-hybridized carbons (Fsp3) is 0.0625. The van der Waals surface area contributed by atoms with Gasteiger partial charge in [0, 0.05) is 10.4 Å². The fourth-order valence-electron chi connectivity index (χ4n) is 2.61. The molecule has 92 valence electrons. The van der Waals surface area contributed by atoms with Crippen molar-refractivity contribution in [1.29, 1.82) is 0 Å². The molecule has 0 atom stereocenters. The summed E-state index contributed by atoms with van der Waals surface area (Å²) < 4.78 is 1.23. The van der Waals surface area contributed by atoms with Crippen LogP contribution in [0.3, 0.4) is 0 Å². The van der Waals surface area contributed by atoms with Crippen LogP contribution in [0.25, 0.3) is 31.8 Å². The van der Waals surface area contributed by atoms with E-state index in [9.17, 15) is 0 Å². The van der Waals surface area contributed by atoms with Gasteiger partial charge in [0.25, 0.3) is 0 Å². The number of rotatable bonds is 0. The van der Waals surface area contributed by atoms with E-state index in [1.165, 1.54) is 26.2 Å². The number of aromatic nitrogens is 1. The highest BCUT2D eigenvalue weighted by atomic mass is 35.5. The molecule has 0 aliphatic rings. The minimum Gasteiger partial charge on any atom is -0.241 e. The van der Waals surface area contributed by atoms with E-state index in [1.54, 1.807) is 11.3 Å². The number of halogens is 1. The lowest BCUT2D eigenvalue weighted by atomic mass is 10.0. The summed E-state index contributed by atoms with van der Waals surface area (Å²) in [5.41, 5.74) is 1.09. The summed E-state index contributed by atoms with van der Waals surface area (Å²) in [7, 11) is 0. The van der Waals surface area contributed by atoms with E-state index in [0.29, 0.717) is 0 Å². The predicted molar refractivity (Wildman–Crippen MR) is 84.4 cm³/mol. The van der Waals surface area contributed by atoms with Gasteiger partial charge >= 0.3 is 0 Å². The van der Waals surface area contributed by atoms with Crippen molar-refractivity contribution in [3.63, 3.8) is 0 Å². The first-order chi connectivity index (χ1) is 9.22. The topological polar surface area (TPSA) is 12.9 Å². The first-order valence-corrected chi connectivity index (χ1v) is 7.30. The van der Waals surface area contributed by atoms with E-state index in [1.807, 2.05) is 12.1 Å². The second-order valence-corrected chi connectivity index (χ2v) is 6.35. The predicted octanol–water partition coefficient (Wildman–Crippen LogP) is 5.56. The Morgan fingerprint density at radius 3 is 2.63 bits per heavy atom. The van der Waals surface area contributed by atoms with Gasteiger partial charge in [-0.2, -0.15) is 0 Å². The lowest BCUT2D eigenvalue weighted by molar-refractivity contribution is 1.35. The second-order valence-electron chi connectivity index (χ2n) is 4.67. The monoisotopic (exact) mass is 283 g/mol. The van der Waals surface area contributed by atoms with Crippen molar-refractivity contribution in [2.24, 2.45) is 0 Å². The quantitative estimate of drug-likeness (QED) is 0.385. The maximum atomic E-state index is 6.16. The molecule has 4 aromatic rings. The van der Waals surface area contributed by atoms with Crippen molar-refractivity contribution in [2.45, 2.75) is 6.92 Å². The van der Waals surface area contributed by atoms with Gasteiger partial charge in [-0.05, 0) is 41.3 Å². The molecule has 4 rings (SSSR count). The summed E-state index contributed by atoms with van der Waals surface area (Å²) in [5.74, 6) is 0. The minimum absolute atomic E-state index is 0.768. The number of thiazole rings is 1. The van der Waals surface area contributed by atoms with Crippen LogP contribution in [0, 0.1) is 6.92 Å². The second kappa shape index (κ2) is 3.92. The van der Waals surface area contributed by atoms with Crippen LogP contribution in [0.5, 0.6) is 0 Å². The molecule has 0 fully saturated rings. The Balaban J connectivity index is 2.35. The number of hydrogen-bond donors (Lipinski definition) is 0. The Labute approximate surface area is 119 Å². The van der Waals surface area contributed by atoms with Crippen molar-refractivity contribution < 1.29 is 0 Å². The molecular weight excluding hydrogens is 274 g/mol. The van der Waals surface area contributed by atoms with E-state index in [4.69, 9.17) is 16.6 Å². The van der Waals surface area contributed by atoms with Crippen LogP contribution >= 0.6 is 22.9 Å². The molecule has 0 unspecified atom stereocenters. The highest BCUT2D eigenvalue weighted by Crippen LogP contribution is 2.35. The molecule has 0 radical (unpaired) electrons. The van der Waals surface area contributed by atoms with Crippen LogP contribution < -0.4 is 0 Å². The summed E-state index contributed by atoms with van der Waals surface area (Å²) in [5, 5.41) is 6.68. The zero-order chi connectivity index (χ0) is 13.0. The molecule has 0 aliphatic heterocycles. The van der Waals surface area contributed by atoms with E-state index in [0.717, 1.165) is 15.5 Å². The molecule has 0 amide bonds. The molecular formula is C16H10ClNS. The zero-order valence-corrected chi connectivity index (χ0v) is 11.8. The summed E-state index contributed by atoms with van der Waals surface area (Å²) in [4.78, 5) is 4.70. The van der Waals surface area contributed by atoms with E-state index < -0.39 is 0 Å². The molecule has 3 aromatic carbocycles. The molecule has 0 saturated carbocycles. The van der Waals surface area contributed by atoms with Gasteiger partial charge in [-0.1, -0.05) is 35.9 Å². The van der Waals surface area contributed by atoms with Gasteiger partial charge in [-0.25, -0.2) is 4.98 Å². The van der Waals surface area contributed by atoms with Gasteiger partial charge < -0.3 is 0 Å². The zero-order valence-electron chi connectivity index (χ0n) is 10.3. The summed E-state index contributed by atoms with van der Waals surface area (Å²) >= 11 is 7.89. The molecule has 0 aliphatic carbocycles. The number of nitrogens with zero attached hydrogens (tertiary/aromatic N) is 1. The number of aryl methyl sites for hydroxylation is 1. The smallest absolute Gasteiger partial charge is 0.0908 e. The highest BCUT2D eigenvalue weighted by molar-refractivity contribution is 7.18. The van der Waals surface area contributed by atoms with Crippen LogP contribution in [0.2, 0.25) is 5.02 Å². The lowest BCUT2D eigenvalue weighted by Crippen LogP contribution is -1.80. The minimum atomic E-state index is 0.768. The average Bonchev–Trinajstić information content (AvgIpc) is 2.78. The maximum Gasteiger partial charge on any atom is 0.0908 e.